The summed E-state index contributed by atoms with van der Waals surface area (Å²) < 4.78 is 22.8. The summed E-state index contributed by atoms with van der Waals surface area (Å²) in [5.41, 5.74) is 5.06. The van der Waals surface area contributed by atoms with Crippen LogP contribution in [-0.4, -0.2) is 60.4 Å². The molecule has 1 fully saturated rings. The van der Waals surface area contributed by atoms with Gasteiger partial charge in [0, 0.05) is 32.4 Å². The van der Waals surface area contributed by atoms with Crippen molar-refractivity contribution < 1.29 is 19.0 Å². The lowest BCUT2D eigenvalue weighted by molar-refractivity contribution is 0.0694. The first kappa shape index (κ1) is 20.2. The van der Waals surface area contributed by atoms with Gasteiger partial charge in [0.15, 0.2) is 11.6 Å². The van der Waals surface area contributed by atoms with Gasteiger partial charge >= 0.3 is 5.97 Å². The van der Waals surface area contributed by atoms with E-state index >= 15 is 4.39 Å². The van der Waals surface area contributed by atoms with E-state index in [1.54, 1.807) is 4.57 Å². The Morgan fingerprint density at radius 2 is 1.96 bits per heavy atom. The van der Waals surface area contributed by atoms with Crippen molar-refractivity contribution in [1.82, 2.24) is 9.47 Å². The molecular formula is C18H22ClFN4O4. The van der Waals surface area contributed by atoms with Crippen molar-refractivity contribution in [2.75, 3.05) is 50.5 Å². The molecule has 3 N–H and O–H groups in total. The number of anilines is 2. The molecule has 0 aliphatic carbocycles. The van der Waals surface area contributed by atoms with Gasteiger partial charge in [0.25, 0.3) is 0 Å². The molecule has 2 aromatic rings. The predicted molar refractivity (Wildman–Crippen MR) is 107 cm³/mol. The Bertz CT molecular complexity index is 1020. The first-order valence-electron chi connectivity index (χ1n) is 8.80. The van der Waals surface area contributed by atoms with Gasteiger partial charge in [0.05, 0.1) is 22.6 Å². The summed E-state index contributed by atoms with van der Waals surface area (Å²) in [7, 11) is 2.00. The fourth-order valence-corrected chi connectivity index (χ4v) is 3.80. The average molecular weight is 413 g/mol. The second-order valence-electron chi connectivity index (χ2n) is 7.16. The standard InChI is InChI=1S/C18H21FN4O4.ClH/c1-9-8-27-17-14-11(16(24)10(18(25)26)7-23(9)14)13(20)12(19)15(17)22-5-3-21(2)4-6-22;/h7,9H,3-6,8,20H2,1-2H3,(H,25,26);1H/t9-;/m0./s1. The van der Waals surface area contributed by atoms with E-state index in [9.17, 15) is 14.7 Å². The van der Waals surface area contributed by atoms with Gasteiger partial charge < -0.3 is 29.9 Å². The predicted octanol–water partition coefficient (Wildman–Crippen LogP) is 1.55. The van der Waals surface area contributed by atoms with Gasteiger partial charge in [-0.25, -0.2) is 9.18 Å². The third-order valence-corrected chi connectivity index (χ3v) is 5.37. The van der Waals surface area contributed by atoms with Crippen LogP contribution in [0.2, 0.25) is 0 Å². The topological polar surface area (TPSA) is 101 Å². The van der Waals surface area contributed by atoms with E-state index in [0.29, 0.717) is 18.6 Å². The van der Waals surface area contributed by atoms with E-state index in [-0.39, 0.29) is 47.6 Å². The van der Waals surface area contributed by atoms with E-state index in [1.165, 1.54) is 6.20 Å². The Balaban J connectivity index is 0.00000225. The number of likely N-dealkylation sites (N-methyl/N-ethyl adjacent to an activating group) is 1. The molecule has 4 rings (SSSR count). The number of nitrogens with zero attached hydrogens (tertiary/aromatic N) is 3. The molecule has 0 radical (unpaired) electrons. The molecule has 3 heterocycles. The molecule has 2 aliphatic heterocycles. The molecule has 0 amide bonds. The summed E-state index contributed by atoms with van der Waals surface area (Å²) in [5, 5.41) is 9.24. The number of nitrogens with two attached hydrogens (primary N) is 1. The van der Waals surface area contributed by atoms with E-state index in [1.807, 2.05) is 18.9 Å². The summed E-state index contributed by atoms with van der Waals surface area (Å²) in [4.78, 5) is 28.2. The lowest BCUT2D eigenvalue weighted by Crippen LogP contribution is -2.45. The van der Waals surface area contributed by atoms with E-state index in [0.717, 1.165) is 13.1 Å². The molecular weight excluding hydrogens is 391 g/mol. The van der Waals surface area contributed by atoms with Gasteiger partial charge in [0.2, 0.25) is 5.43 Å². The fraction of sp³-hybridized carbons (Fsp3) is 0.444. The molecule has 0 bridgehead atoms. The Labute approximate surface area is 166 Å². The van der Waals surface area contributed by atoms with E-state index < -0.39 is 22.8 Å². The molecule has 10 heteroatoms. The van der Waals surface area contributed by atoms with Crippen LogP contribution in [0.25, 0.3) is 10.9 Å². The van der Waals surface area contributed by atoms with Crippen molar-refractivity contribution >= 4 is 40.7 Å². The third-order valence-electron chi connectivity index (χ3n) is 5.37. The Kier molecular flexibility index (Phi) is 5.16. The number of aromatic carboxylic acids is 1. The van der Waals surface area contributed by atoms with Gasteiger partial charge in [-0.3, -0.25) is 4.79 Å². The zero-order valence-corrected chi connectivity index (χ0v) is 16.4. The largest absolute Gasteiger partial charge is 0.487 e. The minimum Gasteiger partial charge on any atom is -0.487 e. The van der Waals surface area contributed by atoms with E-state index in [2.05, 4.69) is 4.90 Å². The second-order valence-corrected chi connectivity index (χ2v) is 7.16. The molecule has 1 aromatic carbocycles. The lowest BCUT2D eigenvalue weighted by atomic mass is 10.0. The minimum atomic E-state index is -1.37. The number of hydrogen-bond donors (Lipinski definition) is 2. The Hall–Kier alpha value is -2.52. The first-order chi connectivity index (χ1) is 12.8. The molecule has 0 spiro atoms. The zero-order chi connectivity index (χ0) is 19.5. The number of hydrogen-bond acceptors (Lipinski definition) is 6. The maximum Gasteiger partial charge on any atom is 0.341 e. The number of piperazine rings is 1. The van der Waals surface area contributed by atoms with Gasteiger partial charge in [-0.15, -0.1) is 12.4 Å². The Morgan fingerprint density at radius 1 is 1.32 bits per heavy atom. The third kappa shape index (κ3) is 2.85. The highest BCUT2D eigenvalue weighted by atomic mass is 35.5. The number of ether oxygens (including phenoxy) is 1. The van der Waals surface area contributed by atoms with Crippen LogP contribution in [0.4, 0.5) is 15.8 Å². The quantitative estimate of drug-likeness (QED) is 0.721. The molecule has 152 valence electrons. The van der Waals surface area contributed by atoms with Crippen molar-refractivity contribution in [3.63, 3.8) is 0 Å². The number of halogens is 2. The number of nitrogen functional groups attached to an aromatic ring is 1. The summed E-state index contributed by atoms with van der Waals surface area (Å²) >= 11 is 0. The Morgan fingerprint density at radius 3 is 2.57 bits per heavy atom. The number of pyridine rings is 1. The molecule has 1 aromatic heterocycles. The van der Waals surface area contributed by atoms with Gasteiger partial charge in [-0.1, -0.05) is 0 Å². The maximum absolute atomic E-state index is 15.3. The van der Waals surface area contributed by atoms with Crippen LogP contribution >= 0.6 is 12.4 Å². The van der Waals surface area contributed by atoms with Crippen molar-refractivity contribution in [2.24, 2.45) is 0 Å². The monoisotopic (exact) mass is 412 g/mol. The zero-order valence-electron chi connectivity index (χ0n) is 15.6. The van der Waals surface area contributed by atoms with Crippen LogP contribution in [0.1, 0.15) is 23.3 Å². The highest BCUT2D eigenvalue weighted by molar-refractivity contribution is 6.03. The van der Waals surface area contributed by atoms with Crippen LogP contribution < -0.4 is 20.8 Å². The van der Waals surface area contributed by atoms with Crippen LogP contribution in [0, 0.1) is 5.82 Å². The summed E-state index contributed by atoms with van der Waals surface area (Å²) in [6.45, 7) is 4.81. The average Bonchev–Trinajstić information content (AvgIpc) is 2.63. The smallest absolute Gasteiger partial charge is 0.341 e. The molecule has 28 heavy (non-hydrogen) atoms. The number of rotatable bonds is 2. The first-order valence-corrected chi connectivity index (χ1v) is 8.80. The number of carboxylic acids is 1. The van der Waals surface area contributed by atoms with Crippen molar-refractivity contribution in [3.8, 4) is 5.75 Å². The SMILES string of the molecule is C[C@H]1COc2c(N3CCN(C)CC3)c(F)c(N)c3c(=O)c(C(=O)O)cn1c23.Cl. The summed E-state index contributed by atoms with van der Waals surface area (Å²) in [6, 6.07) is -0.219. The maximum atomic E-state index is 15.3. The van der Waals surface area contributed by atoms with Crippen molar-refractivity contribution in [3.05, 3.63) is 27.8 Å². The van der Waals surface area contributed by atoms with Crippen LogP contribution in [0.5, 0.6) is 5.75 Å². The van der Waals surface area contributed by atoms with Gasteiger partial charge in [-0.2, -0.15) is 0 Å². The van der Waals surface area contributed by atoms with Crippen LogP contribution in [0.15, 0.2) is 11.0 Å². The molecule has 2 aliphatic rings. The molecule has 1 atom stereocenters. The van der Waals surface area contributed by atoms with Gasteiger partial charge in [-0.05, 0) is 14.0 Å². The van der Waals surface area contributed by atoms with Crippen LogP contribution in [0.3, 0.4) is 0 Å². The summed E-state index contributed by atoms with van der Waals surface area (Å²) in [5.74, 6) is -1.84. The van der Waals surface area contributed by atoms with E-state index in [4.69, 9.17) is 10.5 Å². The highest BCUT2D eigenvalue weighted by Gasteiger charge is 2.33. The van der Waals surface area contributed by atoms with Crippen molar-refractivity contribution in [2.45, 2.75) is 13.0 Å². The molecule has 1 saturated heterocycles. The lowest BCUT2D eigenvalue weighted by Gasteiger charge is -2.37. The van der Waals surface area contributed by atoms with Gasteiger partial charge in [0.1, 0.15) is 17.9 Å². The molecule has 8 nitrogen and oxygen atoms in total. The number of carbonyl (C=O) groups is 1. The molecule has 0 saturated carbocycles. The van der Waals surface area contributed by atoms with Crippen molar-refractivity contribution in [1.29, 1.82) is 0 Å². The number of benzene rings is 1. The second kappa shape index (κ2) is 7.14. The fourth-order valence-electron chi connectivity index (χ4n) is 3.80. The minimum absolute atomic E-state index is 0. The highest BCUT2D eigenvalue weighted by Crippen LogP contribution is 2.45. The number of aromatic nitrogens is 1. The van der Waals surface area contributed by atoms with Crippen LogP contribution in [-0.2, 0) is 0 Å². The summed E-state index contributed by atoms with van der Waals surface area (Å²) in [6.07, 6.45) is 1.30. The normalized spacial score (nSPS) is 19.2. The molecule has 0 unspecified atom stereocenters. The number of carboxylic acid groups (broad SMARTS) is 1.